The zero-order valence-electron chi connectivity index (χ0n) is 15.2. The van der Waals surface area contributed by atoms with Gasteiger partial charge in [0.15, 0.2) is 0 Å². The largest absolute Gasteiger partial charge is 0.309 e. The summed E-state index contributed by atoms with van der Waals surface area (Å²) in [6.07, 6.45) is 0. The van der Waals surface area contributed by atoms with Crippen molar-refractivity contribution in [1.82, 2.24) is 30.2 Å². The lowest BCUT2D eigenvalue weighted by atomic mass is 10.1. The van der Waals surface area contributed by atoms with Crippen molar-refractivity contribution in [2.75, 3.05) is 0 Å². The average Bonchev–Trinajstić information content (AvgIpc) is 3.11. The topological polar surface area (TPSA) is 89.3 Å². The minimum absolute atomic E-state index is 0.128. The first-order valence-electron chi connectivity index (χ1n) is 8.54. The van der Waals surface area contributed by atoms with Gasteiger partial charge in [-0.05, 0) is 60.5 Å². The number of aryl methyl sites for hydroxylation is 2. The Kier molecular flexibility index (Phi) is 4.49. The molecular formula is C19H18N6OS. The summed E-state index contributed by atoms with van der Waals surface area (Å²) >= 11 is 1.45. The number of hydrogen-bond donors (Lipinski definition) is 1. The van der Waals surface area contributed by atoms with Gasteiger partial charge in [0, 0.05) is 0 Å². The molecule has 8 heteroatoms. The number of aromatic nitrogens is 6. The Labute approximate surface area is 159 Å². The molecule has 1 atom stereocenters. The van der Waals surface area contributed by atoms with Crippen LogP contribution in [0.4, 0.5) is 0 Å². The second-order valence-corrected chi connectivity index (χ2v) is 7.70. The molecule has 0 spiro atoms. The number of benzene rings is 2. The normalized spacial score (nSPS) is 12.4. The molecule has 2 aromatic heterocycles. The Morgan fingerprint density at radius 1 is 1.15 bits per heavy atom. The van der Waals surface area contributed by atoms with E-state index in [9.17, 15) is 4.79 Å². The van der Waals surface area contributed by atoms with Gasteiger partial charge in [0.05, 0.1) is 21.8 Å². The summed E-state index contributed by atoms with van der Waals surface area (Å²) in [6, 6.07) is 13.5. The van der Waals surface area contributed by atoms with Crippen LogP contribution in [0.2, 0.25) is 0 Å². The molecule has 0 radical (unpaired) electrons. The van der Waals surface area contributed by atoms with Gasteiger partial charge in [-0.3, -0.25) is 4.79 Å². The van der Waals surface area contributed by atoms with E-state index >= 15 is 0 Å². The zero-order valence-corrected chi connectivity index (χ0v) is 16.0. The fourth-order valence-electron chi connectivity index (χ4n) is 2.86. The molecule has 27 heavy (non-hydrogen) atoms. The molecule has 0 aliphatic heterocycles. The maximum atomic E-state index is 12.3. The highest BCUT2D eigenvalue weighted by atomic mass is 32.2. The molecule has 2 heterocycles. The monoisotopic (exact) mass is 378 g/mol. The fourth-order valence-corrected chi connectivity index (χ4v) is 3.72. The number of para-hydroxylation sites is 1. The number of tetrazole rings is 1. The van der Waals surface area contributed by atoms with Gasteiger partial charge in [0.1, 0.15) is 5.82 Å². The first-order valence-corrected chi connectivity index (χ1v) is 9.42. The summed E-state index contributed by atoms with van der Waals surface area (Å²) in [5.74, 6) is 0.596. The van der Waals surface area contributed by atoms with E-state index in [1.165, 1.54) is 11.8 Å². The Morgan fingerprint density at radius 2 is 1.96 bits per heavy atom. The van der Waals surface area contributed by atoms with E-state index in [-0.39, 0.29) is 10.8 Å². The molecule has 4 rings (SSSR count). The van der Waals surface area contributed by atoms with Crippen molar-refractivity contribution in [1.29, 1.82) is 0 Å². The molecule has 0 amide bonds. The molecular weight excluding hydrogens is 360 g/mol. The third kappa shape index (κ3) is 3.35. The van der Waals surface area contributed by atoms with Crippen molar-refractivity contribution >= 4 is 22.7 Å². The van der Waals surface area contributed by atoms with Crippen molar-refractivity contribution in [3.8, 4) is 5.69 Å². The van der Waals surface area contributed by atoms with Crippen LogP contribution in [0.5, 0.6) is 0 Å². The molecule has 0 saturated carbocycles. The van der Waals surface area contributed by atoms with E-state index < -0.39 is 0 Å². The van der Waals surface area contributed by atoms with Crippen LogP contribution < -0.4 is 5.56 Å². The summed E-state index contributed by atoms with van der Waals surface area (Å²) in [4.78, 5) is 19.8. The van der Waals surface area contributed by atoms with Crippen LogP contribution in [0.3, 0.4) is 0 Å². The van der Waals surface area contributed by atoms with Crippen molar-refractivity contribution in [3.63, 3.8) is 0 Å². The summed E-state index contributed by atoms with van der Waals surface area (Å²) < 4.78 is 1.72. The van der Waals surface area contributed by atoms with E-state index in [0.717, 1.165) is 16.8 Å². The summed E-state index contributed by atoms with van der Waals surface area (Å²) in [6.45, 7) is 6.03. The third-order valence-corrected chi connectivity index (χ3v) is 5.37. The molecule has 7 nitrogen and oxygen atoms in total. The van der Waals surface area contributed by atoms with Crippen LogP contribution in [0.1, 0.15) is 29.1 Å². The average molecular weight is 378 g/mol. The SMILES string of the molecule is Cc1ccc(C)c(-n2nnnc2S[C@H](C)c2nc3ccccc3c(=O)[nH]2)c1. The quantitative estimate of drug-likeness (QED) is 0.548. The maximum absolute atomic E-state index is 12.3. The number of H-pyrrole nitrogens is 1. The molecule has 0 bridgehead atoms. The minimum atomic E-state index is -0.142. The standard InChI is InChI=1S/C19H18N6OS/c1-11-8-9-12(2)16(10-11)25-19(22-23-24-25)27-13(3)17-20-15-7-5-4-6-14(15)18(26)21-17/h4-10,13H,1-3H3,(H,20,21,26)/t13-/m1/s1. The van der Waals surface area contributed by atoms with Crippen LogP contribution in [-0.2, 0) is 0 Å². The number of thioether (sulfide) groups is 1. The van der Waals surface area contributed by atoms with Crippen LogP contribution >= 0.6 is 11.8 Å². The van der Waals surface area contributed by atoms with E-state index in [1.807, 2.05) is 45.0 Å². The first-order chi connectivity index (χ1) is 13.0. The highest BCUT2D eigenvalue weighted by Gasteiger charge is 2.18. The number of hydrogen-bond acceptors (Lipinski definition) is 6. The summed E-state index contributed by atoms with van der Waals surface area (Å²) in [5.41, 5.74) is 3.69. The van der Waals surface area contributed by atoms with Gasteiger partial charge < -0.3 is 4.98 Å². The van der Waals surface area contributed by atoms with Crippen LogP contribution in [0, 0.1) is 13.8 Å². The van der Waals surface area contributed by atoms with Crippen LogP contribution in [-0.4, -0.2) is 30.2 Å². The smallest absolute Gasteiger partial charge is 0.258 e. The molecule has 0 aliphatic carbocycles. The number of fused-ring (bicyclic) bond motifs is 1. The maximum Gasteiger partial charge on any atom is 0.258 e. The van der Waals surface area contributed by atoms with E-state index in [0.29, 0.717) is 21.9 Å². The predicted octanol–water partition coefficient (Wildman–Crippen LogP) is 3.37. The van der Waals surface area contributed by atoms with Gasteiger partial charge in [0.2, 0.25) is 5.16 Å². The van der Waals surface area contributed by atoms with Gasteiger partial charge in [0.25, 0.3) is 5.56 Å². The van der Waals surface area contributed by atoms with Crippen molar-refractivity contribution in [2.45, 2.75) is 31.2 Å². The van der Waals surface area contributed by atoms with Crippen molar-refractivity contribution in [3.05, 3.63) is 69.8 Å². The third-order valence-electron chi connectivity index (χ3n) is 4.33. The number of nitrogens with one attached hydrogen (secondary N) is 1. The lowest BCUT2D eigenvalue weighted by molar-refractivity contribution is 0.749. The van der Waals surface area contributed by atoms with E-state index in [4.69, 9.17) is 0 Å². The molecule has 4 aromatic rings. The Bertz CT molecular complexity index is 1180. The van der Waals surface area contributed by atoms with Gasteiger partial charge in [-0.15, -0.1) is 5.10 Å². The van der Waals surface area contributed by atoms with Crippen LogP contribution in [0.25, 0.3) is 16.6 Å². The summed E-state index contributed by atoms with van der Waals surface area (Å²) in [5, 5.41) is 13.2. The van der Waals surface area contributed by atoms with Gasteiger partial charge >= 0.3 is 0 Å². The second-order valence-electron chi connectivity index (χ2n) is 6.39. The molecule has 0 unspecified atom stereocenters. The Balaban J connectivity index is 1.69. The molecule has 2 aromatic carbocycles. The summed E-state index contributed by atoms with van der Waals surface area (Å²) in [7, 11) is 0. The Morgan fingerprint density at radius 3 is 2.81 bits per heavy atom. The number of rotatable bonds is 4. The van der Waals surface area contributed by atoms with Crippen molar-refractivity contribution in [2.24, 2.45) is 0 Å². The first kappa shape index (κ1) is 17.4. The second kappa shape index (κ2) is 6.96. The van der Waals surface area contributed by atoms with Crippen LogP contribution in [0.15, 0.2) is 52.4 Å². The number of aromatic amines is 1. The highest BCUT2D eigenvalue weighted by Crippen LogP contribution is 2.33. The molecule has 0 saturated heterocycles. The molecule has 136 valence electrons. The van der Waals surface area contributed by atoms with Crippen molar-refractivity contribution < 1.29 is 0 Å². The fraction of sp³-hybridized carbons (Fsp3) is 0.211. The lowest BCUT2D eigenvalue weighted by Crippen LogP contribution is -2.13. The van der Waals surface area contributed by atoms with Gasteiger partial charge in [-0.1, -0.05) is 36.0 Å². The molecule has 0 fully saturated rings. The predicted molar refractivity (Wildman–Crippen MR) is 105 cm³/mol. The molecule has 0 aliphatic rings. The zero-order chi connectivity index (χ0) is 19.0. The van der Waals surface area contributed by atoms with Gasteiger partial charge in [-0.25, -0.2) is 4.98 Å². The van der Waals surface area contributed by atoms with Gasteiger partial charge in [-0.2, -0.15) is 4.68 Å². The van der Waals surface area contributed by atoms with E-state index in [1.54, 1.807) is 10.7 Å². The van der Waals surface area contributed by atoms with E-state index in [2.05, 4.69) is 37.6 Å². The lowest BCUT2D eigenvalue weighted by Gasteiger charge is -2.12. The minimum Gasteiger partial charge on any atom is -0.309 e. The molecule has 1 N–H and O–H groups in total. The number of nitrogens with zero attached hydrogens (tertiary/aromatic N) is 5. The highest BCUT2D eigenvalue weighted by molar-refractivity contribution is 7.99. The Hall–Kier alpha value is -3.00.